The van der Waals surface area contributed by atoms with Gasteiger partial charge in [-0.25, -0.2) is 0 Å². The fourth-order valence-corrected chi connectivity index (χ4v) is 1.69. The first-order valence-corrected chi connectivity index (χ1v) is 5.10. The van der Waals surface area contributed by atoms with Crippen LogP contribution in [-0.4, -0.2) is 37.2 Å². The van der Waals surface area contributed by atoms with E-state index in [-0.39, 0.29) is 0 Å². The summed E-state index contributed by atoms with van der Waals surface area (Å²) in [5, 5.41) is 0. The summed E-state index contributed by atoms with van der Waals surface area (Å²) in [7, 11) is 0. The molecular weight excluding hydrogens is 162 g/mol. The Labute approximate surface area is 81.3 Å². The van der Waals surface area contributed by atoms with E-state index in [0.29, 0.717) is 6.10 Å². The summed E-state index contributed by atoms with van der Waals surface area (Å²) in [6.07, 6.45) is 8.75. The van der Waals surface area contributed by atoms with E-state index in [1.807, 2.05) is 0 Å². The molecule has 2 heteroatoms. The molecule has 0 radical (unpaired) electrons. The van der Waals surface area contributed by atoms with Crippen molar-refractivity contribution in [2.45, 2.75) is 32.3 Å². The SMILES string of the molecule is C#CCCCN1CCCOC(C)C1. The first kappa shape index (κ1) is 10.6. The minimum atomic E-state index is 0.383. The van der Waals surface area contributed by atoms with Crippen molar-refractivity contribution in [3.05, 3.63) is 0 Å². The molecule has 1 unspecified atom stereocenters. The number of nitrogens with zero attached hydrogens (tertiary/aromatic N) is 1. The molecule has 1 fully saturated rings. The summed E-state index contributed by atoms with van der Waals surface area (Å²) >= 11 is 0. The van der Waals surface area contributed by atoms with Crippen LogP contribution in [0.2, 0.25) is 0 Å². The molecule has 1 atom stereocenters. The fourth-order valence-electron chi connectivity index (χ4n) is 1.69. The average molecular weight is 181 g/mol. The van der Waals surface area contributed by atoms with Crippen LogP contribution >= 0.6 is 0 Å². The summed E-state index contributed by atoms with van der Waals surface area (Å²) in [5.41, 5.74) is 0. The molecule has 1 aliphatic rings. The van der Waals surface area contributed by atoms with Crippen molar-refractivity contribution in [2.24, 2.45) is 0 Å². The Hall–Kier alpha value is -0.520. The van der Waals surface area contributed by atoms with Gasteiger partial charge in [0.25, 0.3) is 0 Å². The molecule has 0 aliphatic carbocycles. The Kier molecular flexibility index (Phi) is 4.88. The minimum absolute atomic E-state index is 0.383. The fraction of sp³-hybridized carbons (Fsp3) is 0.818. The third kappa shape index (κ3) is 4.31. The van der Waals surface area contributed by atoms with Crippen molar-refractivity contribution in [1.29, 1.82) is 0 Å². The van der Waals surface area contributed by atoms with Crippen molar-refractivity contribution in [3.8, 4) is 12.3 Å². The molecule has 2 nitrogen and oxygen atoms in total. The van der Waals surface area contributed by atoms with Crippen LogP contribution in [0.25, 0.3) is 0 Å². The maximum absolute atomic E-state index is 5.56. The van der Waals surface area contributed by atoms with E-state index in [1.54, 1.807) is 0 Å². The summed E-state index contributed by atoms with van der Waals surface area (Å²) < 4.78 is 5.56. The van der Waals surface area contributed by atoms with Crippen LogP contribution in [0.4, 0.5) is 0 Å². The van der Waals surface area contributed by atoms with Gasteiger partial charge in [0.05, 0.1) is 6.10 Å². The standard InChI is InChI=1S/C11H19NO/c1-3-4-5-7-12-8-6-9-13-11(2)10-12/h1,11H,4-10H2,2H3. The van der Waals surface area contributed by atoms with Crippen LogP contribution in [-0.2, 0) is 4.74 Å². The Morgan fingerprint density at radius 1 is 1.62 bits per heavy atom. The zero-order chi connectivity index (χ0) is 9.52. The van der Waals surface area contributed by atoms with Gasteiger partial charge in [-0.1, -0.05) is 0 Å². The number of terminal acetylenes is 1. The highest BCUT2D eigenvalue weighted by Gasteiger charge is 2.13. The molecule has 0 aromatic carbocycles. The van der Waals surface area contributed by atoms with Gasteiger partial charge in [0.1, 0.15) is 0 Å². The molecule has 1 saturated heterocycles. The molecule has 0 aromatic rings. The predicted molar refractivity (Wildman–Crippen MR) is 54.5 cm³/mol. The summed E-state index contributed by atoms with van der Waals surface area (Å²) in [4.78, 5) is 2.45. The lowest BCUT2D eigenvalue weighted by Gasteiger charge is -2.20. The second-order valence-electron chi connectivity index (χ2n) is 3.64. The third-order valence-electron chi connectivity index (χ3n) is 2.33. The molecule has 1 aliphatic heterocycles. The van der Waals surface area contributed by atoms with Gasteiger partial charge in [-0.2, -0.15) is 0 Å². The number of hydrogen-bond donors (Lipinski definition) is 0. The van der Waals surface area contributed by atoms with Gasteiger partial charge in [-0.05, 0) is 26.3 Å². The summed E-state index contributed by atoms with van der Waals surface area (Å²) in [5.74, 6) is 2.68. The molecule has 0 spiro atoms. The number of hydrogen-bond acceptors (Lipinski definition) is 2. The van der Waals surface area contributed by atoms with Crippen LogP contribution in [0.1, 0.15) is 26.2 Å². The first-order valence-electron chi connectivity index (χ1n) is 5.10. The predicted octanol–water partition coefficient (Wildman–Crippen LogP) is 1.51. The van der Waals surface area contributed by atoms with Gasteiger partial charge in [0, 0.05) is 26.1 Å². The zero-order valence-corrected chi connectivity index (χ0v) is 8.46. The second kappa shape index (κ2) is 6.01. The highest BCUT2D eigenvalue weighted by atomic mass is 16.5. The molecule has 13 heavy (non-hydrogen) atoms. The molecule has 1 rings (SSSR count). The van der Waals surface area contributed by atoms with Crippen molar-refractivity contribution in [1.82, 2.24) is 4.90 Å². The van der Waals surface area contributed by atoms with Gasteiger partial charge in [0.15, 0.2) is 0 Å². The van der Waals surface area contributed by atoms with Crippen molar-refractivity contribution in [2.75, 3.05) is 26.2 Å². The Morgan fingerprint density at radius 2 is 2.46 bits per heavy atom. The van der Waals surface area contributed by atoms with Crippen LogP contribution in [0, 0.1) is 12.3 Å². The highest BCUT2D eigenvalue weighted by molar-refractivity contribution is 4.83. The third-order valence-corrected chi connectivity index (χ3v) is 2.33. The van der Waals surface area contributed by atoms with E-state index in [0.717, 1.165) is 45.5 Å². The lowest BCUT2D eigenvalue weighted by molar-refractivity contribution is 0.0677. The molecule has 0 N–H and O–H groups in total. The molecule has 1 heterocycles. The van der Waals surface area contributed by atoms with Crippen LogP contribution < -0.4 is 0 Å². The monoisotopic (exact) mass is 181 g/mol. The van der Waals surface area contributed by atoms with Gasteiger partial charge < -0.3 is 9.64 Å². The van der Waals surface area contributed by atoms with Crippen molar-refractivity contribution in [3.63, 3.8) is 0 Å². The maximum Gasteiger partial charge on any atom is 0.0673 e. The zero-order valence-electron chi connectivity index (χ0n) is 8.46. The molecule has 74 valence electrons. The van der Waals surface area contributed by atoms with E-state index < -0.39 is 0 Å². The van der Waals surface area contributed by atoms with Crippen LogP contribution in [0.15, 0.2) is 0 Å². The smallest absolute Gasteiger partial charge is 0.0673 e. The quantitative estimate of drug-likeness (QED) is 0.483. The van der Waals surface area contributed by atoms with Gasteiger partial charge in [-0.3, -0.25) is 0 Å². The van der Waals surface area contributed by atoms with Gasteiger partial charge in [0.2, 0.25) is 0 Å². The number of rotatable bonds is 3. The van der Waals surface area contributed by atoms with Crippen molar-refractivity contribution < 1.29 is 4.74 Å². The van der Waals surface area contributed by atoms with E-state index >= 15 is 0 Å². The van der Waals surface area contributed by atoms with Gasteiger partial charge in [-0.15, -0.1) is 12.3 Å². The molecule has 0 saturated carbocycles. The normalized spacial score (nSPS) is 25.1. The Morgan fingerprint density at radius 3 is 3.23 bits per heavy atom. The number of unbranched alkanes of at least 4 members (excludes halogenated alkanes) is 1. The molecule has 0 bridgehead atoms. The van der Waals surface area contributed by atoms with E-state index in [9.17, 15) is 0 Å². The summed E-state index contributed by atoms with van der Waals surface area (Å²) in [6.45, 7) is 6.39. The Balaban J connectivity index is 2.19. The highest BCUT2D eigenvalue weighted by Crippen LogP contribution is 2.06. The lowest BCUT2D eigenvalue weighted by Crippen LogP contribution is -2.31. The largest absolute Gasteiger partial charge is 0.377 e. The van der Waals surface area contributed by atoms with E-state index in [1.165, 1.54) is 0 Å². The summed E-state index contributed by atoms with van der Waals surface area (Å²) in [6, 6.07) is 0. The maximum atomic E-state index is 5.56. The Bertz CT molecular complexity index is 173. The van der Waals surface area contributed by atoms with Gasteiger partial charge >= 0.3 is 0 Å². The van der Waals surface area contributed by atoms with Crippen LogP contribution in [0.3, 0.4) is 0 Å². The minimum Gasteiger partial charge on any atom is -0.377 e. The molecular formula is C11H19NO. The molecule has 0 aromatic heterocycles. The van der Waals surface area contributed by atoms with E-state index in [2.05, 4.69) is 17.7 Å². The first-order chi connectivity index (χ1) is 6.33. The topological polar surface area (TPSA) is 12.5 Å². The van der Waals surface area contributed by atoms with E-state index in [4.69, 9.17) is 11.2 Å². The van der Waals surface area contributed by atoms with Crippen LogP contribution in [0.5, 0.6) is 0 Å². The van der Waals surface area contributed by atoms with Crippen molar-refractivity contribution >= 4 is 0 Å². The molecule has 0 amide bonds. The second-order valence-corrected chi connectivity index (χ2v) is 3.64. The number of ether oxygens (including phenoxy) is 1. The average Bonchev–Trinajstić information content (AvgIpc) is 2.31. The lowest BCUT2D eigenvalue weighted by atomic mass is 10.2.